The van der Waals surface area contributed by atoms with Crippen LogP contribution in [-0.2, 0) is 23.9 Å². The van der Waals surface area contributed by atoms with E-state index in [4.69, 9.17) is 20.4 Å². The predicted octanol–water partition coefficient (Wildman–Crippen LogP) is 1.38. The van der Waals surface area contributed by atoms with Crippen LogP contribution in [0.15, 0.2) is 48.5 Å². The van der Waals surface area contributed by atoms with Crippen LogP contribution in [0.4, 0.5) is 0 Å². The molecular formula is C23H20O13. The summed E-state index contributed by atoms with van der Waals surface area (Å²) in [6.07, 6.45) is -2.31. The molecular weight excluding hydrogens is 484 g/mol. The van der Waals surface area contributed by atoms with Crippen molar-refractivity contribution in [2.24, 2.45) is 0 Å². The first kappa shape index (κ1) is 29.1. The third-order valence-corrected chi connectivity index (χ3v) is 4.04. The lowest BCUT2D eigenvalue weighted by atomic mass is 10.1. The number of carbonyl (C=O) groups excluding carboxylic acids is 4. The Hall–Kier alpha value is -4.91. The first-order chi connectivity index (χ1) is 16.8. The smallest absolute Gasteiger partial charge is 0.345 e. The molecule has 0 saturated carbocycles. The van der Waals surface area contributed by atoms with E-state index in [2.05, 4.69) is 9.47 Å². The molecule has 2 aromatic carbocycles. The minimum absolute atomic E-state index is 0.0529. The van der Waals surface area contributed by atoms with Crippen molar-refractivity contribution >= 4 is 41.8 Å². The number of aromatic carboxylic acids is 2. The molecule has 0 fully saturated rings. The molecule has 0 bridgehead atoms. The number of rotatable bonds is 8. The second kappa shape index (κ2) is 13.7. The molecule has 0 aliphatic carbocycles. The Morgan fingerprint density at radius 3 is 1.08 bits per heavy atom. The van der Waals surface area contributed by atoms with Crippen molar-refractivity contribution in [2.45, 2.75) is 25.9 Å². The van der Waals surface area contributed by atoms with Crippen molar-refractivity contribution in [3.63, 3.8) is 0 Å². The molecule has 0 aliphatic rings. The van der Waals surface area contributed by atoms with E-state index in [0.717, 1.165) is 24.3 Å². The molecule has 36 heavy (non-hydrogen) atoms. The van der Waals surface area contributed by atoms with Gasteiger partial charge in [-0.15, -0.1) is 0 Å². The second-order valence-corrected chi connectivity index (χ2v) is 6.80. The van der Waals surface area contributed by atoms with Gasteiger partial charge in [0.2, 0.25) is 0 Å². The Morgan fingerprint density at radius 1 is 0.611 bits per heavy atom. The fourth-order valence-corrected chi connectivity index (χ4v) is 2.13. The molecule has 1 unspecified atom stereocenters. The van der Waals surface area contributed by atoms with Crippen LogP contribution in [0.3, 0.4) is 0 Å². The van der Waals surface area contributed by atoms with E-state index in [1.165, 1.54) is 31.2 Å². The fourth-order valence-electron chi connectivity index (χ4n) is 2.13. The van der Waals surface area contributed by atoms with Gasteiger partial charge in [-0.1, -0.05) is 0 Å². The molecule has 0 amide bonds. The normalized spacial score (nSPS) is 10.6. The van der Waals surface area contributed by atoms with Crippen LogP contribution in [0, 0.1) is 0 Å². The van der Waals surface area contributed by atoms with Gasteiger partial charge in [0.05, 0.1) is 35.1 Å². The van der Waals surface area contributed by atoms with Crippen LogP contribution < -0.4 is 0 Å². The molecule has 2 aromatic rings. The summed E-state index contributed by atoms with van der Waals surface area (Å²) in [7, 11) is 0. The van der Waals surface area contributed by atoms with Crippen molar-refractivity contribution in [1.29, 1.82) is 0 Å². The van der Waals surface area contributed by atoms with Gasteiger partial charge in [-0.25, -0.2) is 24.0 Å². The number of aliphatic carboxylic acids is 1. The van der Waals surface area contributed by atoms with Gasteiger partial charge >= 0.3 is 41.8 Å². The van der Waals surface area contributed by atoms with Gasteiger partial charge in [0.25, 0.3) is 0 Å². The zero-order valence-electron chi connectivity index (χ0n) is 18.6. The van der Waals surface area contributed by atoms with Crippen molar-refractivity contribution in [2.75, 3.05) is 0 Å². The molecule has 190 valence electrons. The number of aliphatic hydroxyl groups excluding tert-OH is 1. The molecule has 2 rings (SSSR count). The summed E-state index contributed by atoms with van der Waals surface area (Å²) in [4.78, 5) is 78.0. The standard InChI is InChI=1S/C20H14O10.C3H6O3/c21-15(29-19(27)13-5-1-11(2-6-13)17(23)24)9-10-16(22)30-20(28)14-7-3-12(4-8-14)18(25)26;1-2(4)3(5)6/h1-8H,9-10H2,(H,23,24)(H,25,26);2,4H,1H3,(H,5,6). The average Bonchev–Trinajstić information content (AvgIpc) is 2.83. The highest BCUT2D eigenvalue weighted by Gasteiger charge is 2.18. The first-order valence-corrected chi connectivity index (χ1v) is 9.89. The quantitative estimate of drug-likeness (QED) is 0.295. The van der Waals surface area contributed by atoms with Gasteiger partial charge in [0.1, 0.15) is 6.10 Å². The monoisotopic (exact) mass is 504 g/mol. The molecule has 13 heteroatoms. The van der Waals surface area contributed by atoms with Crippen LogP contribution in [0.25, 0.3) is 0 Å². The lowest BCUT2D eigenvalue weighted by Crippen LogP contribution is -2.17. The van der Waals surface area contributed by atoms with E-state index in [0.29, 0.717) is 0 Å². The highest BCUT2D eigenvalue weighted by Crippen LogP contribution is 2.09. The van der Waals surface area contributed by atoms with E-state index in [1.54, 1.807) is 0 Å². The number of hydrogen-bond acceptors (Lipinski definition) is 10. The number of carbonyl (C=O) groups is 7. The summed E-state index contributed by atoms with van der Waals surface area (Å²) in [5, 5.41) is 33.3. The van der Waals surface area contributed by atoms with E-state index in [-0.39, 0.29) is 22.3 Å². The van der Waals surface area contributed by atoms with E-state index in [1.807, 2.05) is 0 Å². The number of carboxylic acids is 3. The summed E-state index contributed by atoms with van der Waals surface area (Å²) in [5.41, 5.74) is -0.224. The zero-order valence-corrected chi connectivity index (χ0v) is 18.6. The summed E-state index contributed by atoms with van der Waals surface area (Å²) in [6.45, 7) is 1.20. The number of hydrogen-bond donors (Lipinski definition) is 4. The van der Waals surface area contributed by atoms with Gasteiger partial charge in [0, 0.05) is 0 Å². The highest BCUT2D eigenvalue weighted by atomic mass is 16.6. The van der Waals surface area contributed by atoms with Gasteiger partial charge in [-0.2, -0.15) is 0 Å². The Balaban J connectivity index is 0.000000960. The minimum Gasteiger partial charge on any atom is -0.479 e. The summed E-state index contributed by atoms with van der Waals surface area (Å²) in [6, 6.07) is 9.32. The van der Waals surface area contributed by atoms with Crippen molar-refractivity contribution in [1.82, 2.24) is 0 Å². The number of aliphatic hydroxyl groups is 1. The Morgan fingerprint density at radius 2 is 0.861 bits per heavy atom. The number of carboxylic acid groups (broad SMARTS) is 3. The third kappa shape index (κ3) is 9.93. The van der Waals surface area contributed by atoms with Crippen molar-refractivity contribution in [3.8, 4) is 0 Å². The number of esters is 4. The van der Waals surface area contributed by atoms with Gasteiger partial charge in [0.15, 0.2) is 0 Å². The maximum Gasteiger partial charge on any atom is 0.345 e. The molecule has 0 spiro atoms. The van der Waals surface area contributed by atoms with Gasteiger partial charge in [-0.05, 0) is 55.5 Å². The zero-order chi connectivity index (χ0) is 27.4. The minimum atomic E-state index is -1.23. The van der Waals surface area contributed by atoms with Crippen molar-refractivity contribution < 1.29 is 63.5 Å². The predicted molar refractivity (Wildman–Crippen MR) is 116 cm³/mol. The van der Waals surface area contributed by atoms with Crippen LogP contribution in [-0.4, -0.2) is 68.3 Å². The highest BCUT2D eigenvalue weighted by molar-refractivity contribution is 6.00. The molecule has 0 aromatic heterocycles. The van der Waals surface area contributed by atoms with Crippen molar-refractivity contribution in [3.05, 3.63) is 70.8 Å². The van der Waals surface area contributed by atoms with Crippen LogP contribution in [0.5, 0.6) is 0 Å². The first-order valence-electron chi connectivity index (χ1n) is 9.89. The maximum absolute atomic E-state index is 11.8. The molecule has 4 N–H and O–H groups in total. The SMILES string of the molecule is CC(O)C(=O)O.O=C(CCC(=O)OC(=O)c1ccc(C(=O)O)cc1)OC(=O)c1ccc(C(=O)O)cc1. The number of benzene rings is 2. The van der Waals surface area contributed by atoms with E-state index < -0.39 is 60.7 Å². The maximum atomic E-state index is 11.8. The molecule has 0 heterocycles. The Kier molecular flexibility index (Phi) is 11.1. The summed E-state index contributed by atoms with van der Waals surface area (Å²) < 4.78 is 9.08. The molecule has 1 atom stereocenters. The third-order valence-electron chi connectivity index (χ3n) is 4.04. The molecule has 13 nitrogen and oxygen atoms in total. The van der Waals surface area contributed by atoms with Crippen LogP contribution >= 0.6 is 0 Å². The lowest BCUT2D eigenvalue weighted by molar-refractivity contribution is -0.145. The molecule has 0 saturated heterocycles. The van der Waals surface area contributed by atoms with Crippen LogP contribution in [0.1, 0.15) is 61.2 Å². The Labute approximate surface area is 202 Å². The fraction of sp³-hybridized carbons (Fsp3) is 0.174. The van der Waals surface area contributed by atoms with E-state index >= 15 is 0 Å². The van der Waals surface area contributed by atoms with Gasteiger partial charge < -0.3 is 29.9 Å². The summed E-state index contributed by atoms with van der Waals surface area (Å²) in [5.74, 6) is -7.70. The second-order valence-electron chi connectivity index (χ2n) is 6.80. The molecule has 0 aliphatic heterocycles. The van der Waals surface area contributed by atoms with E-state index in [9.17, 15) is 33.6 Å². The van der Waals surface area contributed by atoms with Gasteiger partial charge in [-0.3, -0.25) is 9.59 Å². The lowest BCUT2D eigenvalue weighted by Gasteiger charge is -2.05. The average molecular weight is 504 g/mol. The largest absolute Gasteiger partial charge is 0.479 e. The number of ether oxygens (including phenoxy) is 2. The topological polar surface area (TPSA) is 219 Å². The van der Waals surface area contributed by atoms with Crippen LogP contribution in [0.2, 0.25) is 0 Å². The molecule has 0 radical (unpaired) electrons. The Bertz CT molecular complexity index is 1060. The summed E-state index contributed by atoms with van der Waals surface area (Å²) >= 11 is 0.